The maximum atomic E-state index is 5.68. The van der Waals surface area contributed by atoms with Crippen molar-refractivity contribution in [3.63, 3.8) is 0 Å². The largest absolute Gasteiger partial charge is 0.497 e. The van der Waals surface area contributed by atoms with E-state index in [0.717, 1.165) is 70.0 Å². The monoisotopic (exact) mass is 530 g/mol. The Balaban J connectivity index is 0.00000320. The summed E-state index contributed by atoms with van der Waals surface area (Å²) in [4.78, 5) is 6.89. The molecule has 0 unspecified atom stereocenters. The van der Waals surface area contributed by atoms with Crippen molar-refractivity contribution in [1.29, 1.82) is 0 Å². The zero-order chi connectivity index (χ0) is 20.3. The molecule has 2 fully saturated rings. The number of nitrogens with zero attached hydrogens (tertiary/aromatic N) is 2. The molecule has 170 valence electrons. The number of benzene rings is 1. The summed E-state index contributed by atoms with van der Waals surface area (Å²) in [6.45, 7) is 7.03. The number of ether oxygens (including phenoxy) is 2. The van der Waals surface area contributed by atoms with E-state index < -0.39 is 0 Å². The molecular weight excluding hydrogens is 491 g/mol. The first-order valence-electron chi connectivity index (χ1n) is 11.1. The number of rotatable bonds is 11. The SMILES string of the molecule is CN=C(NCCCOCC1CC1)NCC1CCN(Cc2ccc(OC)cc2)CC1.I. The fourth-order valence-electron chi connectivity index (χ4n) is 3.71. The van der Waals surface area contributed by atoms with Crippen LogP contribution in [0, 0.1) is 11.8 Å². The van der Waals surface area contributed by atoms with Crippen LogP contribution in [0.15, 0.2) is 29.3 Å². The lowest BCUT2D eigenvalue weighted by atomic mass is 9.96. The molecule has 30 heavy (non-hydrogen) atoms. The van der Waals surface area contributed by atoms with Crippen molar-refractivity contribution in [2.45, 2.75) is 38.6 Å². The van der Waals surface area contributed by atoms with Crippen LogP contribution in [0.4, 0.5) is 0 Å². The summed E-state index contributed by atoms with van der Waals surface area (Å²) in [7, 11) is 3.55. The number of aliphatic imine (C=N–C) groups is 1. The van der Waals surface area contributed by atoms with E-state index in [0.29, 0.717) is 5.92 Å². The van der Waals surface area contributed by atoms with Crippen LogP contribution in [0.3, 0.4) is 0 Å². The minimum absolute atomic E-state index is 0. The molecule has 6 nitrogen and oxygen atoms in total. The smallest absolute Gasteiger partial charge is 0.190 e. The first kappa shape index (κ1) is 25.2. The van der Waals surface area contributed by atoms with Crippen LogP contribution in [0.5, 0.6) is 5.75 Å². The summed E-state index contributed by atoms with van der Waals surface area (Å²) < 4.78 is 10.9. The summed E-state index contributed by atoms with van der Waals surface area (Å²) in [5.41, 5.74) is 1.35. The van der Waals surface area contributed by atoms with Crippen LogP contribution in [0.1, 0.15) is 37.7 Å². The molecule has 0 aromatic heterocycles. The van der Waals surface area contributed by atoms with Gasteiger partial charge in [0.2, 0.25) is 0 Å². The van der Waals surface area contributed by atoms with Gasteiger partial charge in [0.25, 0.3) is 0 Å². The van der Waals surface area contributed by atoms with Crippen LogP contribution < -0.4 is 15.4 Å². The second-order valence-corrected chi connectivity index (χ2v) is 8.32. The molecule has 0 radical (unpaired) electrons. The molecule has 2 N–H and O–H groups in total. The quantitative estimate of drug-likeness (QED) is 0.199. The maximum Gasteiger partial charge on any atom is 0.190 e. The summed E-state index contributed by atoms with van der Waals surface area (Å²) in [5, 5.41) is 6.90. The normalized spacial score (nSPS) is 18.0. The average molecular weight is 530 g/mol. The first-order chi connectivity index (χ1) is 14.3. The van der Waals surface area contributed by atoms with Gasteiger partial charge < -0.3 is 20.1 Å². The Labute approximate surface area is 199 Å². The van der Waals surface area contributed by atoms with Gasteiger partial charge in [-0.1, -0.05) is 12.1 Å². The summed E-state index contributed by atoms with van der Waals surface area (Å²) >= 11 is 0. The Morgan fingerprint density at radius 2 is 1.80 bits per heavy atom. The molecule has 3 rings (SSSR count). The molecule has 1 heterocycles. The summed E-state index contributed by atoms with van der Waals surface area (Å²) in [5.74, 6) is 3.39. The third-order valence-electron chi connectivity index (χ3n) is 5.86. The van der Waals surface area contributed by atoms with Crippen molar-refractivity contribution in [3.8, 4) is 5.75 Å². The van der Waals surface area contributed by atoms with Crippen molar-refractivity contribution in [3.05, 3.63) is 29.8 Å². The van der Waals surface area contributed by atoms with E-state index in [2.05, 4.69) is 32.7 Å². The predicted molar refractivity (Wildman–Crippen MR) is 134 cm³/mol. The lowest BCUT2D eigenvalue weighted by Crippen LogP contribution is -2.43. The number of hydrogen-bond donors (Lipinski definition) is 2. The van der Waals surface area contributed by atoms with E-state index >= 15 is 0 Å². The van der Waals surface area contributed by atoms with Crippen molar-refractivity contribution in [1.82, 2.24) is 15.5 Å². The van der Waals surface area contributed by atoms with Crippen molar-refractivity contribution >= 4 is 29.9 Å². The van der Waals surface area contributed by atoms with E-state index in [1.807, 2.05) is 19.2 Å². The average Bonchev–Trinajstić information content (AvgIpc) is 3.59. The number of likely N-dealkylation sites (tertiary alicyclic amines) is 1. The fraction of sp³-hybridized carbons (Fsp3) is 0.696. The van der Waals surface area contributed by atoms with E-state index in [9.17, 15) is 0 Å². The minimum Gasteiger partial charge on any atom is -0.497 e. The lowest BCUT2D eigenvalue weighted by molar-refractivity contribution is 0.123. The van der Waals surface area contributed by atoms with E-state index in [4.69, 9.17) is 9.47 Å². The van der Waals surface area contributed by atoms with Gasteiger partial charge in [0.05, 0.1) is 7.11 Å². The summed E-state index contributed by atoms with van der Waals surface area (Å²) in [6, 6.07) is 8.42. The van der Waals surface area contributed by atoms with Crippen molar-refractivity contribution in [2.24, 2.45) is 16.8 Å². The number of guanidine groups is 1. The van der Waals surface area contributed by atoms with Gasteiger partial charge in [-0.05, 0) is 74.7 Å². The standard InChI is InChI=1S/C23H38N4O2.HI/c1-24-23(25-12-3-15-29-18-21-4-5-21)26-16-19-10-13-27(14-11-19)17-20-6-8-22(28-2)9-7-20;/h6-9,19,21H,3-5,10-18H2,1-2H3,(H2,24,25,26);1H. The second-order valence-electron chi connectivity index (χ2n) is 8.32. The van der Waals surface area contributed by atoms with E-state index in [1.54, 1.807) is 7.11 Å². The third-order valence-corrected chi connectivity index (χ3v) is 5.86. The van der Waals surface area contributed by atoms with Crippen molar-refractivity contribution < 1.29 is 9.47 Å². The Morgan fingerprint density at radius 1 is 1.07 bits per heavy atom. The molecule has 1 saturated heterocycles. The molecule has 1 aromatic carbocycles. The Bertz CT molecular complexity index is 614. The number of nitrogens with one attached hydrogen (secondary N) is 2. The number of hydrogen-bond acceptors (Lipinski definition) is 4. The number of piperidine rings is 1. The van der Waals surface area contributed by atoms with E-state index in [-0.39, 0.29) is 24.0 Å². The van der Waals surface area contributed by atoms with Gasteiger partial charge in [-0.3, -0.25) is 9.89 Å². The second kappa shape index (κ2) is 14.1. The van der Waals surface area contributed by atoms with E-state index in [1.165, 1.54) is 31.2 Å². The lowest BCUT2D eigenvalue weighted by Gasteiger charge is -2.32. The van der Waals surface area contributed by atoms with Gasteiger partial charge in [0.15, 0.2) is 5.96 Å². The van der Waals surface area contributed by atoms with Crippen LogP contribution in [0.25, 0.3) is 0 Å². The topological polar surface area (TPSA) is 58.1 Å². The Kier molecular flexibility index (Phi) is 11.8. The van der Waals surface area contributed by atoms with Gasteiger partial charge in [-0.15, -0.1) is 24.0 Å². The fourth-order valence-corrected chi connectivity index (χ4v) is 3.71. The zero-order valence-corrected chi connectivity index (χ0v) is 20.9. The molecule has 0 atom stereocenters. The summed E-state index contributed by atoms with van der Waals surface area (Å²) in [6.07, 6.45) is 6.20. The highest BCUT2D eigenvalue weighted by atomic mass is 127. The molecule has 7 heteroatoms. The van der Waals surface area contributed by atoms with Crippen LogP contribution in [-0.4, -0.2) is 64.4 Å². The molecule has 0 spiro atoms. The third kappa shape index (κ3) is 9.39. The highest BCUT2D eigenvalue weighted by Gasteiger charge is 2.21. The van der Waals surface area contributed by atoms with Crippen LogP contribution in [-0.2, 0) is 11.3 Å². The number of halogens is 1. The Hall–Kier alpha value is -1.06. The molecule has 1 aliphatic carbocycles. The molecular formula is C23H39IN4O2. The highest BCUT2D eigenvalue weighted by molar-refractivity contribution is 14.0. The molecule has 0 amide bonds. The molecule has 0 bridgehead atoms. The molecule has 1 saturated carbocycles. The van der Waals surface area contributed by atoms with Gasteiger partial charge >= 0.3 is 0 Å². The molecule has 1 aliphatic heterocycles. The minimum atomic E-state index is 0. The Morgan fingerprint density at radius 3 is 2.43 bits per heavy atom. The van der Waals surface area contributed by atoms with Gasteiger partial charge in [-0.25, -0.2) is 0 Å². The maximum absolute atomic E-state index is 5.68. The van der Waals surface area contributed by atoms with Crippen LogP contribution >= 0.6 is 24.0 Å². The first-order valence-corrected chi connectivity index (χ1v) is 11.1. The predicted octanol–water partition coefficient (Wildman–Crippen LogP) is 3.51. The van der Waals surface area contributed by atoms with Gasteiger partial charge in [-0.2, -0.15) is 0 Å². The number of methoxy groups -OCH3 is 1. The molecule has 2 aliphatic rings. The zero-order valence-electron chi connectivity index (χ0n) is 18.6. The van der Waals surface area contributed by atoms with Gasteiger partial charge in [0.1, 0.15) is 5.75 Å². The molecule has 1 aromatic rings. The van der Waals surface area contributed by atoms with Crippen LogP contribution in [0.2, 0.25) is 0 Å². The van der Waals surface area contributed by atoms with Gasteiger partial charge in [0, 0.05) is 39.9 Å². The van der Waals surface area contributed by atoms with Crippen molar-refractivity contribution in [2.75, 3.05) is 53.6 Å². The highest BCUT2D eigenvalue weighted by Crippen LogP contribution is 2.28.